The molecule has 2 N–H and O–H groups in total. The molecule has 116 valence electrons. The molecule has 2 rings (SSSR count). The van der Waals surface area contributed by atoms with Crippen molar-refractivity contribution < 1.29 is 19.4 Å². The van der Waals surface area contributed by atoms with E-state index >= 15 is 0 Å². The third-order valence-electron chi connectivity index (χ3n) is 2.70. The van der Waals surface area contributed by atoms with Crippen molar-refractivity contribution in [2.24, 2.45) is 0 Å². The molecule has 0 aliphatic rings. The normalized spacial score (nSPS) is 10.2. The fourth-order valence-corrected chi connectivity index (χ4v) is 2.66. The molecule has 0 aliphatic heterocycles. The molecule has 0 atom stereocenters. The molecule has 22 heavy (non-hydrogen) atoms. The van der Waals surface area contributed by atoms with Crippen LogP contribution in [0.15, 0.2) is 30.5 Å². The van der Waals surface area contributed by atoms with Crippen molar-refractivity contribution in [1.82, 2.24) is 4.98 Å². The number of nitrogens with zero attached hydrogens (tertiary/aromatic N) is 1. The first kappa shape index (κ1) is 16.0. The fourth-order valence-electron chi connectivity index (χ4n) is 1.75. The summed E-state index contributed by atoms with van der Waals surface area (Å²) < 4.78 is 5.07. The van der Waals surface area contributed by atoms with Crippen LogP contribution in [0.3, 0.4) is 0 Å². The van der Waals surface area contributed by atoms with Crippen molar-refractivity contribution in [3.8, 4) is 5.75 Å². The number of nitrogens with one attached hydrogen (secondary N) is 1. The molecular formula is C15H16N2O4S. The largest absolute Gasteiger partial charge is 0.482 e. The molecule has 0 fully saturated rings. The summed E-state index contributed by atoms with van der Waals surface area (Å²) >= 11 is 1.37. The SMILES string of the molecule is CCCc1ncc(C(=O)Nc2cccc(OCC(=O)O)c2)s1. The molecule has 1 amide bonds. The van der Waals surface area contributed by atoms with Gasteiger partial charge in [0.15, 0.2) is 6.61 Å². The van der Waals surface area contributed by atoms with Crippen molar-refractivity contribution in [3.63, 3.8) is 0 Å². The fraction of sp³-hybridized carbons (Fsp3) is 0.267. The zero-order valence-electron chi connectivity index (χ0n) is 12.0. The minimum absolute atomic E-state index is 0.241. The average Bonchev–Trinajstić information content (AvgIpc) is 2.95. The lowest BCUT2D eigenvalue weighted by Gasteiger charge is -2.07. The Hall–Kier alpha value is -2.41. The van der Waals surface area contributed by atoms with Gasteiger partial charge in [0, 0.05) is 11.8 Å². The third-order valence-corrected chi connectivity index (χ3v) is 3.75. The lowest BCUT2D eigenvalue weighted by Crippen LogP contribution is -2.11. The van der Waals surface area contributed by atoms with Gasteiger partial charge in [-0.1, -0.05) is 13.0 Å². The van der Waals surface area contributed by atoms with Gasteiger partial charge in [0.1, 0.15) is 10.6 Å². The number of carboxylic acid groups (broad SMARTS) is 1. The summed E-state index contributed by atoms with van der Waals surface area (Å²) in [7, 11) is 0. The van der Waals surface area contributed by atoms with E-state index in [1.165, 1.54) is 11.3 Å². The summed E-state index contributed by atoms with van der Waals surface area (Å²) in [5.41, 5.74) is 0.540. The maximum Gasteiger partial charge on any atom is 0.341 e. The molecule has 1 aromatic carbocycles. The van der Waals surface area contributed by atoms with Gasteiger partial charge in [0.2, 0.25) is 0 Å². The molecule has 0 saturated carbocycles. The third kappa shape index (κ3) is 4.56. The second-order valence-corrected chi connectivity index (χ2v) is 5.65. The summed E-state index contributed by atoms with van der Waals surface area (Å²) in [6, 6.07) is 6.60. The smallest absolute Gasteiger partial charge is 0.341 e. The Morgan fingerprint density at radius 2 is 2.23 bits per heavy atom. The first-order chi connectivity index (χ1) is 10.6. The van der Waals surface area contributed by atoms with E-state index in [1.54, 1.807) is 30.5 Å². The second-order valence-electron chi connectivity index (χ2n) is 4.53. The Labute approximate surface area is 131 Å². The highest BCUT2D eigenvalue weighted by Gasteiger charge is 2.11. The Bertz CT molecular complexity index is 669. The van der Waals surface area contributed by atoms with Crippen molar-refractivity contribution in [2.75, 3.05) is 11.9 Å². The number of hydrogen-bond donors (Lipinski definition) is 2. The van der Waals surface area contributed by atoms with E-state index in [0.717, 1.165) is 17.8 Å². The van der Waals surface area contributed by atoms with Gasteiger partial charge in [0.25, 0.3) is 5.91 Å². The van der Waals surface area contributed by atoms with Crippen LogP contribution in [0.2, 0.25) is 0 Å². The van der Waals surface area contributed by atoms with Crippen LogP contribution in [-0.2, 0) is 11.2 Å². The predicted molar refractivity (Wildman–Crippen MR) is 83.6 cm³/mol. The van der Waals surface area contributed by atoms with Gasteiger partial charge < -0.3 is 15.2 Å². The van der Waals surface area contributed by atoms with Crippen molar-refractivity contribution in [2.45, 2.75) is 19.8 Å². The summed E-state index contributed by atoms with van der Waals surface area (Å²) in [4.78, 5) is 27.4. The molecule has 0 spiro atoms. The van der Waals surface area contributed by atoms with E-state index in [2.05, 4.69) is 17.2 Å². The van der Waals surface area contributed by atoms with Crippen LogP contribution in [-0.4, -0.2) is 28.6 Å². The van der Waals surface area contributed by atoms with Crippen LogP contribution < -0.4 is 10.1 Å². The highest BCUT2D eigenvalue weighted by Crippen LogP contribution is 2.20. The topological polar surface area (TPSA) is 88.5 Å². The minimum Gasteiger partial charge on any atom is -0.482 e. The number of carbonyl (C=O) groups excluding carboxylic acids is 1. The number of carbonyl (C=O) groups is 2. The summed E-state index contributed by atoms with van der Waals surface area (Å²) in [6.07, 6.45) is 3.41. The van der Waals surface area contributed by atoms with E-state index in [4.69, 9.17) is 9.84 Å². The van der Waals surface area contributed by atoms with Gasteiger partial charge >= 0.3 is 5.97 Å². The van der Waals surface area contributed by atoms with E-state index in [-0.39, 0.29) is 5.91 Å². The van der Waals surface area contributed by atoms with Crippen molar-refractivity contribution in [3.05, 3.63) is 40.3 Å². The van der Waals surface area contributed by atoms with Gasteiger partial charge in [-0.2, -0.15) is 0 Å². The number of ether oxygens (including phenoxy) is 1. The van der Waals surface area contributed by atoms with Crippen LogP contribution in [0.25, 0.3) is 0 Å². The molecule has 1 aromatic heterocycles. The number of benzene rings is 1. The zero-order chi connectivity index (χ0) is 15.9. The Morgan fingerprint density at radius 1 is 1.41 bits per heavy atom. The lowest BCUT2D eigenvalue weighted by atomic mass is 10.3. The molecule has 0 radical (unpaired) electrons. The van der Waals surface area contributed by atoms with Gasteiger partial charge in [-0.05, 0) is 25.0 Å². The number of aliphatic carboxylic acids is 1. The summed E-state index contributed by atoms with van der Waals surface area (Å²) in [5.74, 6) is -0.908. The van der Waals surface area contributed by atoms with Gasteiger partial charge in [0.05, 0.1) is 11.2 Å². The average molecular weight is 320 g/mol. The quantitative estimate of drug-likeness (QED) is 0.819. The van der Waals surface area contributed by atoms with Gasteiger partial charge in [-0.15, -0.1) is 11.3 Å². The van der Waals surface area contributed by atoms with E-state index in [9.17, 15) is 9.59 Å². The van der Waals surface area contributed by atoms with Crippen LogP contribution in [0, 0.1) is 0 Å². The molecule has 0 saturated heterocycles. The number of rotatable bonds is 7. The first-order valence-corrected chi connectivity index (χ1v) is 7.61. The van der Waals surface area contributed by atoms with E-state index in [0.29, 0.717) is 16.3 Å². The number of hydrogen-bond acceptors (Lipinski definition) is 5. The molecular weight excluding hydrogens is 304 g/mol. The molecule has 2 aromatic rings. The molecule has 0 aliphatic carbocycles. The first-order valence-electron chi connectivity index (χ1n) is 6.79. The van der Waals surface area contributed by atoms with Crippen LogP contribution in [0.5, 0.6) is 5.75 Å². The number of amides is 1. The number of thiazole rings is 1. The summed E-state index contributed by atoms with van der Waals surface area (Å²) in [6.45, 7) is 1.64. The second kappa shape index (κ2) is 7.56. The number of anilines is 1. The lowest BCUT2D eigenvalue weighted by molar-refractivity contribution is -0.139. The molecule has 0 bridgehead atoms. The van der Waals surface area contributed by atoms with Crippen molar-refractivity contribution >= 4 is 28.9 Å². The van der Waals surface area contributed by atoms with Crippen LogP contribution >= 0.6 is 11.3 Å². The van der Waals surface area contributed by atoms with E-state index < -0.39 is 12.6 Å². The van der Waals surface area contributed by atoms with E-state index in [1.807, 2.05) is 0 Å². The highest BCUT2D eigenvalue weighted by atomic mass is 32.1. The minimum atomic E-state index is -1.05. The maximum atomic E-state index is 12.1. The number of carboxylic acids is 1. The predicted octanol–water partition coefficient (Wildman–Crippen LogP) is 2.81. The van der Waals surface area contributed by atoms with Crippen molar-refractivity contribution in [1.29, 1.82) is 0 Å². The molecule has 1 heterocycles. The Balaban J connectivity index is 2.01. The zero-order valence-corrected chi connectivity index (χ0v) is 12.9. The summed E-state index contributed by atoms with van der Waals surface area (Å²) in [5, 5.41) is 12.3. The highest BCUT2D eigenvalue weighted by molar-refractivity contribution is 7.13. The standard InChI is InChI=1S/C15H16N2O4S/c1-2-4-13-16-8-12(22-13)15(20)17-10-5-3-6-11(7-10)21-9-14(18)19/h3,5-8H,2,4,9H2,1H3,(H,17,20)(H,18,19). The monoisotopic (exact) mass is 320 g/mol. The maximum absolute atomic E-state index is 12.1. The Kier molecular flexibility index (Phi) is 5.48. The Morgan fingerprint density at radius 3 is 2.95 bits per heavy atom. The molecule has 6 nitrogen and oxygen atoms in total. The van der Waals surface area contributed by atoms with Crippen LogP contribution in [0.4, 0.5) is 5.69 Å². The van der Waals surface area contributed by atoms with Gasteiger partial charge in [-0.25, -0.2) is 9.78 Å². The number of aromatic nitrogens is 1. The molecule has 7 heteroatoms. The van der Waals surface area contributed by atoms with Crippen LogP contribution in [0.1, 0.15) is 28.0 Å². The molecule has 0 unspecified atom stereocenters. The number of aryl methyl sites for hydroxylation is 1. The van der Waals surface area contributed by atoms with Gasteiger partial charge in [-0.3, -0.25) is 4.79 Å².